The number of aliphatic carboxylic acids is 1. The average Bonchev–Trinajstić information content (AvgIpc) is 2.67. The van der Waals surface area contributed by atoms with Gasteiger partial charge in [0.15, 0.2) is 11.2 Å². The van der Waals surface area contributed by atoms with Crippen molar-refractivity contribution in [3.05, 3.63) is 82.4 Å². The summed E-state index contributed by atoms with van der Waals surface area (Å²) >= 11 is 12.4. The van der Waals surface area contributed by atoms with E-state index >= 15 is 0 Å². The number of nitrogens with one attached hydrogen (secondary N) is 1. The molecule has 2 aromatic carbocycles. The van der Waals surface area contributed by atoms with E-state index in [-0.39, 0.29) is 5.56 Å². The molecule has 0 bridgehead atoms. The summed E-state index contributed by atoms with van der Waals surface area (Å²) in [6.07, 6.45) is 5.84. The van der Waals surface area contributed by atoms with Crippen LogP contribution in [0.2, 0.25) is 10.0 Å². The van der Waals surface area contributed by atoms with Crippen LogP contribution in [-0.4, -0.2) is 28.6 Å². The lowest BCUT2D eigenvalue weighted by Crippen LogP contribution is -2.46. The number of para-hydroxylation sites is 2. The quantitative estimate of drug-likeness (QED) is 0.326. The van der Waals surface area contributed by atoms with Crippen molar-refractivity contribution in [1.82, 2.24) is 0 Å². The number of rotatable bonds is 8. The summed E-state index contributed by atoms with van der Waals surface area (Å²) in [4.78, 5) is 25.0. The zero-order chi connectivity index (χ0) is 20.7. The molecule has 5 nitrogen and oxygen atoms in total. The minimum atomic E-state index is -2.19. The molecule has 0 amide bonds. The first kappa shape index (κ1) is 21.7. The molecule has 7 heteroatoms. The largest absolute Gasteiger partial charge is 0.480 e. The van der Waals surface area contributed by atoms with Crippen LogP contribution in [-0.2, 0) is 15.0 Å². The summed E-state index contributed by atoms with van der Waals surface area (Å²) in [5.74, 6) is -2.23. The van der Waals surface area contributed by atoms with Crippen molar-refractivity contribution in [3.8, 4) is 0 Å². The van der Waals surface area contributed by atoms with Gasteiger partial charge in [-0.25, -0.2) is 0 Å². The van der Waals surface area contributed by atoms with E-state index < -0.39 is 23.8 Å². The number of aliphatic hydroxyl groups excluding tert-OH is 1. The molecule has 0 aliphatic rings. The van der Waals surface area contributed by atoms with Crippen molar-refractivity contribution in [2.24, 2.45) is 0 Å². The predicted molar refractivity (Wildman–Crippen MR) is 112 cm³/mol. The van der Waals surface area contributed by atoms with Gasteiger partial charge < -0.3 is 15.5 Å². The van der Waals surface area contributed by atoms with Gasteiger partial charge in [0.05, 0.1) is 22.3 Å². The van der Waals surface area contributed by atoms with E-state index in [9.17, 15) is 19.8 Å². The molecule has 0 spiro atoms. The van der Waals surface area contributed by atoms with Gasteiger partial charge in [-0.2, -0.15) is 0 Å². The van der Waals surface area contributed by atoms with Gasteiger partial charge in [-0.1, -0.05) is 65.7 Å². The monoisotopic (exact) mass is 419 g/mol. The Hall–Kier alpha value is -2.60. The van der Waals surface area contributed by atoms with Gasteiger partial charge >= 0.3 is 5.97 Å². The molecule has 146 valence electrons. The predicted octanol–water partition coefficient (Wildman–Crippen LogP) is 4.75. The van der Waals surface area contributed by atoms with Gasteiger partial charge in [0, 0.05) is 11.3 Å². The second-order valence-electron chi connectivity index (χ2n) is 5.88. The second-order valence-corrected chi connectivity index (χ2v) is 6.70. The minimum absolute atomic E-state index is 0.0936. The minimum Gasteiger partial charge on any atom is -0.480 e. The fourth-order valence-corrected chi connectivity index (χ4v) is 3.19. The van der Waals surface area contributed by atoms with Crippen molar-refractivity contribution in [2.75, 3.05) is 11.9 Å². The molecule has 28 heavy (non-hydrogen) atoms. The van der Waals surface area contributed by atoms with Crippen molar-refractivity contribution >= 4 is 46.3 Å². The van der Waals surface area contributed by atoms with E-state index in [1.54, 1.807) is 55.5 Å². The van der Waals surface area contributed by atoms with Gasteiger partial charge in [-0.3, -0.25) is 9.59 Å². The average molecular weight is 420 g/mol. The van der Waals surface area contributed by atoms with Gasteiger partial charge in [-0.05, 0) is 31.2 Å². The normalized spacial score (nSPS) is 13.6. The Labute approximate surface area is 172 Å². The Bertz CT molecular complexity index is 920. The zero-order valence-corrected chi connectivity index (χ0v) is 16.5. The first-order chi connectivity index (χ1) is 13.4. The lowest BCUT2D eigenvalue weighted by atomic mass is 9.76. The van der Waals surface area contributed by atoms with Crippen LogP contribution in [0.3, 0.4) is 0 Å². The summed E-state index contributed by atoms with van der Waals surface area (Å²) in [5, 5.41) is 23.5. The first-order valence-corrected chi connectivity index (χ1v) is 9.12. The van der Waals surface area contributed by atoms with Crippen LogP contribution in [0.15, 0.2) is 66.8 Å². The molecular formula is C21H19Cl2NO4. The number of benzene rings is 2. The molecule has 0 saturated heterocycles. The maximum atomic E-state index is 12.8. The molecule has 1 atom stereocenters. The van der Waals surface area contributed by atoms with Crippen molar-refractivity contribution in [3.63, 3.8) is 0 Å². The van der Waals surface area contributed by atoms with Crippen LogP contribution in [0.25, 0.3) is 0 Å². The molecule has 0 heterocycles. The Kier molecular flexibility index (Phi) is 7.40. The number of hydrogen-bond acceptors (Lipinski definition) is 4. The van der Waals surface area contributed by atoms with E-state index in [0.717, 1.165) is 6.08 Å². The standard InChI is InChI=1S/C21H19Cl2NO4/c1-2-3-4-12-18(26)21(13-25,20(27)28)14-8-5-6-11-17(14)24-19-15(22)9-7-10-16(19)23/h2-12,24-25H,13H2,1H3,(H,27,28). The van der Waals surface area contributed by atoms with E-state index in [0.29, 0.717) is 21.4 Å². The topological polar surface area (TPSA) is 86.6 Å². The molecule has 1 unspecified atom stereocenters. The molecule has 0 fully saturated rings. The second kappa shape index (κ2) is 9.55. The van der Waals surface area contributed by atoms with Crippen LogP contribution in [0.1, 0.15) is 12.5 Å². The Morgan fingerprint density at radius 3 is 2.29 bits per heavy atom. The summed E-state index contributed by atoms with van der Waals surface area (Å²) in [7, 11) is 0. The highest BCUT2D eigenvalue weighted by atomic mass is 35.5. The molecule has 0 aromatic heterocycles. The molecule has 2 aromatic rings. The van der Waals surface area contributed by atoms with Gasteiger partial charge in [0.2, 0.25) is 0 Å². The maximum absolute atomic E-state index is 12.8. The molecular weight excluding hydrogens is 401 g/mol. The summed E-state index contributed by atoms with van der Waals surface area (Å²) < 4.78 is 0. The number of ketones is 1. The van der Waals surface area contributed by atoms with Crippen LogP contribution in [0, 0.1) is 0 Å². The number of carboxylic acid groups (broad SMARTS) is 1. The van der Waals surface area contributed by atoms with Crippen molar-refractivity contribution in [1.29, 1.82) is 0 Å². The Morgan fingerprint density at radius 1 is 1.07 bits per heavy atom. The maximum Gasteiger partial charge on any atom is 0.324 e. The van der Waals surface area contributed by atoms with Gasteiger partial charge in [-0.15, -0.1) is 0 Å². The lowest BCUT2D eigenvalue weighted by molar-refractivity contribution is -0.149. The van der Waals surface area contributed by atoms with Crippen LogP contribution in [0.5, 0.6) is 0 Å². The summed E-state index contributed by atoms with van der Waals surface area (Å²) in [6.45, 7) is 0.841. The fourth-order valence-electron chi connectivity index (χ4n) is 2.70. The molecule has 3 N–H and O–H groups in total. The number of carbonyl (C=O) groups excluding carboxylic acids is 1. The number of halogens is 2. The van der Waals surface area contributed by atoms with E-state index in [4.69, 9.17) is 23.2 Å². The zero-order valence-electron chi connectivity index (χ0n) is 15.0. The summed E-state index contributed by atoms with van der Waals surface area (Å²) in [5.41, 5.74) is -1.43. The highest BCUT2D eigenvalue weighted by Crippen LogP contribution is 2.38. The fraction of sp³-hybridized carbons (Fsp3) is 0.143. The highest BCUT2D eigenvalue weighted by molar-refractivity contribution is 6.39. The molecule has 0 aliphatic heterocycles. The third-order valence-corrected chi connectivity index (χ3v) is 4.81. The number of allylic oxidation sites excluding steroid dienone is 4. The van der Waals surface area contributed by atoms with Crippen LogP contribution >= 0.6 is 23.2 Å². The van der Waals surface area contributed by atoms with Crippen molar-refractivity contribution < 1.29 is 19.8 Å². The van der Waals surface area contributed by atoms with E-state index in [1.165, 1.54) is 12.1 Å². The smallest absolute Gasteiger partial charge is 0.324 e. The number of aliphatic hydroxyl groups is 1. The Balaban J connectivity index is 2.63. The molecule has 0 radical (unpaired) electrons. The summed E-state index contributed by atoms with van der Waals surface area (Å²) in [6, 6.07) is 11.2. The van der Waals surface area contributed by atoms with Crippen molar-refractivity contribution in [2.45, 2.75) is 12.3 Å². The van der Waals surface area contributed by atoms with Crippen LogP contribution in [0.4, 0.5) is 11.4 Å². The van der Waals surface area contributed by atoms with E-state index in [1.807, 2.05) is 0 Å². The number of anilines is 2. The molecule has 0 aliphatic carbocycles. The van der Waals surface area contributed by atoms with E-state index in [2.05, 4.69) is 5.32 Å². The van der Waals surface area contributed by atoms with Gasteiger partial charge in [0.1, 0.15) is 0 Å². The Morgan fingerprint density at radius 2 is 1.71 bits per heavy atom. The van der Waals surface area contributed by atoms with Gasteiger partial charge in [0.25, 0.3) is 0 Å². The molecule has 0 saturated carbocycles. The van der Waals surface area contributed by atoms with Crippen LogP contribution < -0.4 is 5.32 Å². The SMILES string of the molecule is CC=CC=CC(=O)C(CO)(C(=O)O)c1ccccc1Nc1c(Cl)cccc1Cl. The number of carboxylic acids is 1. The third-order valence-electron chi connectivity index (χ3n) is 4.18. The third kappa shape index (κ3) is 4.28. The highest BCUT2D eigenvalue weighted by Gasteiger charge is 2.47. The number of carbonyl (C=O) groups is 2. The lowest BCUT2D eigenvalue weighted by Gasteiger charge is -2.28. The first-order valence-electron chi connectivity index (χ1n) is 8.37. The number of hydrogen-bond donors (Lipinski definition) is 3. The molecule has 2 rings (SSSR count).